The molecule has 0 amide bonds. The van der Waals surface area contributed by atoms with Crippen LogP contribution in [-0.2, 0) is 34.0 Å². The predicted molar refractivity (Wildman–Crippen MR) is 186 cm³/mol. The molecule has 0 saturated carbocycles. The normalized spacial score (nSPS) is 18.3. The van der Waals surface area contributed by atoms with Crippen LogP contribution >= 0.6 is 0 Å². The Kier molecular flexibility index (Phi) is 12.8. The van der Waals surface area contributed by atoms with Crippen molar-refractivity contribution in [2.75, 3.05) is 26.3 Å². The number of hydrogen-bond acceptors (Lipinski definition) is 5. The van der Waals surface area contributed by atoms with Crippen molar-refractivity contribution in [3.63, 3.8) is 0 Å². The third kappa shape index (κ3) is 10.0. The quantitative estimate of drug-likeness (QED) is 0.127. The second kappa shape index (κ2) is 17.4. The Bertz CT molecular complexity index is 1360. The first-order valence-corrected chi connectivity index (χ1v) is 16.9. The van der Waals surface area contributed by atoms with E-state index in [9.17, 15) is 0 Å². The zero-order valence-electron chi connectivity index (χ0n) is 28.0. The van der Waals surface area contributed by atoms with E-state index in [-0.39, 0.29) is 18.1 Å². The van der Waals surface area contributed by atoms with Crippen LogP contribution in [0.15, 0.2) is 103 Å². The standard InChI is InChI=1S/C41H51NO4/c1-30(2)35-15-11-33(12-16-35)28-45-39-25-42-26-40(46-29-34-13-17-36(18-14-34)31(3)4)41(39)37-19-21-38(22-20-37)44-24-8-23-43-27-32-9-6-5-7-10-32/h5-7,9-22,30-31,39-42H,8,23-29H2,1-4H3/t39-,40+,41-. The molecule has 1 fully saturated rings. The molecule has 4 aromatic rings. The Morgan fingerprint density at radius 1 is 0.587 bits per heavy atom. The lowest BCUT2D eigenvalue weighted by atomic mass is 9.85. The van der Waals surface area contributed by atoms with Crippen molar-refractivity contribution in [2.45, 2.75) is 83.9 Å². The minimum absolute atomic E-state index is 0.0274. The van der Waals surface area contributed by atoms with Gasteiger partial charge in [-0.2, -0.15) is 0 Å². The van der Waals surface area contributed by atoms with Gasteiger partial charge in [0.05, 0.1) is 45.2 Å². The van der Waals surface area contributed by atoms with Crippen LogP contribution < -0.4 is 10.1 Å². The maximum Gasteiger partial charge on any atom is 0.119 e. The van der Waals surface area contributed by atoms with Crippen molar-refractivity contribution in [1.29, 1.82) is 0 Å². The van der Waals surface area contributed by atoms with Gasteiger partial charge in [0.2, 0.25) is 0 Å². The molecular formula is C41H51NO4. The van der Waals surface area contributed by atoms with Gasteiger partial charge in [0.15, 0.2) is 0 Å². The molecular weight excluding hydrogens is 570 g/mol. The predicted octanol–water partition coefficient (Wildman–Crippen LogP) is 8.78. The molecule has 0 radical (unpaired) electrons. The number of benzene rings is 4. The number of ether oxygens (including phenoxy) is 4. The van der Waals surface area contributed by atoms with Crippen LogP contribution in [-0.4, -0.2) is 38.5 Å². The molecule has 1 aliphatic heterocycles. The first-order chi connectivity index (χ1) is 22.5. The molecule has 1 heterocycles. The number of rotatable bonds is 16. The lowest BCUT2D eigenvalue weighted by Crippen LogP contribution is -2.50. The first-order valence-electron chi connectivity index (χ1n) is 16.9. The molecule has 1 N–H and O–H groups in total. The summed E-state index contributed by atoms with van der Waals surface area (Å²) in [6.45, 7) is 13.5. The van der Waals surface area contributed by atoms with E-state index >= 15 is 0 Å². The summed E-state index contributed by atoms with van der Waals surface area (Å²) in [7, 11) is 0. The molecule has 0 bridgehead atoms. The monoisotopic (exact) mass is 621 g/mol. The highest BCUT2D eigenvalue weighted by atomic mass is 16.5. The SMILES string of the molecule is CC(C)c1ccc(CO[C@H]2CNC[C@@H](OCc3ccc(C(C)C)cc3)[C@H]2c2ccc(OCCCOCc3ccccc3)cc2)cc1. The van der Waals surface area contributed by atoms with Crippen molar-refractivity contribution in [3.8, 4) is 5.75 Å². The van der Waals surface area contributed by atoms with Gasteiger partial charge < -0.3 is 24.3 Å². The van der Waals surface area contributed by atoms with Gasteiger partial charge in [-0.1, -0.05) is 119 Å². The van der Waals surface area contributed by atoms with Crippen LogP contribution in [0.4, 0.5) is 0 Å². The van der Waals surface area contributed by atoms with Gasteiger partial charge >= 0.3 is 0 Å². The fourth-order valence-corrected chi connectivity index (χ4v) is 5.92. The van der Waals surface area contributed by atoms with Gasteiger partial charge in [-0.05, 0) is 57.3 Å². The summed E-state index contributed by atoms with van der Waals surface area (Å²) in [5.41, 5.74) is 7.46. The van der Waals surface area contributed by atoms with E-state index < -0.39 is 0 Å². The smallest absolute Gasteiger partial charge is 0.119 e. The highest BCUT2D eigenvalue weighted by Gasteiger charge is 2.36. The second-order valence-corrected chi connectivity index (χ2v) is 13.0. The van der Waals surface area contributed by atoms with E-state index in [0.717, 1.165) is 25.3 Å². The molecule has 0 aliphatic carbocycles. The summed E-state index contributed by atoms with van der Waals surface area (Å²) in [5, 5.41) is 3.59. The van der Waals surface area contributed by atoms with Gasteiger partial charge in [0, 0.05) is 25.4 Å². The largest absolute Gasteiger partial charge is 0.494 e. The molecule has 0 spiro atoms. The summed E-state index contributed by atoms with van der Waals surface area (Å²) >= 11 is 0. The Morgan fingerprint density at radius 2 is 1.11 bits per heavy atom. The average molecular weight is 622 g/mol. The van der Waals surface area contributed by atoms with Crippen molar-refractivity contribution in [2.24, 2.45) is 0 Å². The van der Waals surface area contributed by atoms with Gasteiger partial charge in [0.1, 0.15) is 5.75 Å². The van der Waals surface area contributed by atoms with Gasteiger partial charge in [0.25, 0.3) is 0 Å². The van der Waals surface area contributed by atoms with E-state index in [4.69, 9.17) is 18.9 Å². The van der Waals surface area contributed by atoms with Gasteiger partial charge in [-0.3, -0.25) is 0 Å². The first kappa shape index (κ1) is 33.9. The molecule has 1 saturated heterocycles. The van der Waals surface area contributed by atoms with E-state index in [1.165, 1.54) is 33.4 Å². The van der Waals surface area contributed by atoms with Crippen LogP contribution in [0.25, 0.3) is 0 Å². The number of piperidine rings is 1. The van der Waals surface area contributed by atoms with Crippen LogP contribution in [0, 0.1) is 0 Å². The molecule has 1 aliphatic rings. The molecule has 0 unspecified atom stereocenters. The molecule has 5 rings (SSSR count). The fourth-order valence-electron chi connectivity index (χ4n) is 5.92. The Labute approximate surface area is 276 Å². The van der Waals surface area contributed by atoms with E-state index in [1.807, 2.05) is 18.2 Å². The Hall–Kier alpha value is -3.48. The topological polar surface area (TPSA) is 49.0 Å². The second-order valence-electron chi connectivity index (χ2n) is 13.0. The van der Waals surface area contributed by atoms with Crippen LogP contribution in [0.5, 0.6) is 5.75 Å². The summed E-state index contributed by atoms with van der Waals surface area (Å²) in [6.07, 6.45) is 0.783. The third-order valence-corrected chi connectivity index (χ3v) is 8.79. The summed E-state index contributed by atoms with van der Waals surface area (Å²) in [4.78, 5) is 0. The minimum atomic E-state index is -0.0274. The maximum absolute atomic E-state index is 6.64. The number of hydrogen-bond donors (Lipinski definition) is 1. The lowest BCUT2D eigenvalue weighted by Gasteiger charge is -2.39. The lowest BCUT2D eigenvalue weighted by molar-refractivity contribution is -0.0650. The fraction of sp³-hybridized carbons (Fsp3) is 0.415. The molecule has 0 aromatic heterocycles. The molecule has 5 heteroatoms. The number of nitrogens with one attached hydrogen (secondary N) is 1. The summed E-state index contributed by atoms with van der Waals surface area (Å²) in [5.74, 6) is 1.99. The molecule has 244 valence electrons. The zero-order chi connectivity index (χ0) is 32.1. The summed E-state index contributed by atoms with van der Waals surface area (Å²) < 4.78 is 25.1. The van der Waals surface area contributed by atoms with Gasteiger partial charge in [-0.25, -0.2) is 0 Å². The summed E-state index contributed by atoms with van der Waals surface area (Å²) in [6, 6.07) is 36.4. The Balaban J connectivity index is 1.21. The maximum atomic E-state index is 6.64. The average Bonchev–Trinajstić information content (AvgIpc) is 3.09. The van der Waals surface area contributed by atoms with Crippen molar-refractivity contribution in [3.05, 3.63) is 137 Å². The van der Waals surface area contributed by atoms with E-state index in [2.05, 4.69) is 118 Å². The molecule has 5 nitrogen and oxygen atoms in total. The highest BCUT2D eigenvalue weighted by Crippen LogP contribution is 2.33. The van der Waals surface area contributed by atoms with E-state index in [0.29, 0.717) is 44.9 Å². The van der Waals surface area contributed by atoms with Crippen LogP contribution in [0.3, 0.4) is 0 Å². The van der Waals surface area contributed by atoms with Crippen LogP contribution in [0.2, 0.25) is 0 Å². The van der Waals surface area contributed by atoms with Gasteiger partial charge in [-0.15, -0.1) is 0 Å². The molecule has 4 aromatic carbocycles. The Morgan fingerprint density at radius 3 is 1.63 bits per heavy atom. The van der Waals surface area contributed by atoms with Crippen molar-refractivity contribution < 1.29 is 18.9 Å². The highest BCUT2D eigenvalue weighted by molar-refractivity contribution is 5.32. The zero-order valence-corrected chi connectivity index (χ0v) is 28.0. The molecule has 3 atom stereocenters. The van der Waals surface area contributed by atoms with E-state index in [1.54, 1.807) is 0 Å². The third-order valence-electron chi connectivity index (χ3n) is 8.79. The van der Waals surface area contributed by atoms with Crippen molar-refractivity contribution >= 4 is 0 Å². The van der Waals surface area contributed by atoms with Crippen LogP contribution in [0.1, 0.15) is 85.3 Å². The molecule has 46 heavy (non-hydrogen) atoms. The van der Waals surface area contributed by atoms with Crippen molar-refractivity contribution in [1.82, 2.24) is 5.32 Å². The minimum Gasteiger partial charge on any atom is -0.494 e.